The van der Waals surface area contributed by atoms with Crippen LogP contribution in [0.5, 0.6) is 0 Å². The van der Waals surface area contributed by atoms with Crippen LogP contribution in [0.1, 0.15) is 11.1 Å². The van der Waals surface area contributed by atoms with Gasteiger partial charge in [-0.05, 0) is 49.2 Å². The highest BCUT2D eigenvalue weighted by Crippen LogP contribution is 2.29. The number of nitrogens with one attached hydrogen (secondary N) is 1. The Morgan fingerprint density at radius 1 is 1.19 bits per heavy atom. The Labute approximate surface area is 137 Å². The average molecular weight is 390 g/mol. The quantitative estimate of drug-likeness (QED) is 0.776. The van der Waals surface area contributed by atoms with E-state index in [2.05, 4.69) is 20.7 Å². The van der Waals surface area contributed by atoms with Gasteiger partial charge < -0.3 is 5.73 Å². The topological polar surface area (TPSA) is 72.2 Å². The summed E-state index contributed by atoms with van der Waals surface area (Å²) in [5.74, 6) is 0. The Hall–Kier alpha value is -1.24. The average Bonchev–Trinajstić information content (AvgIpc) is 2.40. The molecule has 0 heterocycles. The maximum atomic E-state index is 12.4. The van der Waals surface area contributed by atoms with Gasteiger partial charge in [-0.2, -0.15) is 0 Å². The van der Waals surface area contributed by atoms with Crippen molar-refractivity contribution in [3.8, 4) is 0 Å². The van der Waals surface area contributed by atoms with Crippen LogP contribution in [0.3, 0.4) is 0 Å². The lowest BCUT2D eigenvalue weighted by Gasteiger charge is -2.13. The zero-order valence-electron chi connectivity index (χ0n) is 11.4. The standard InChI is InChI=1S/C14H14BrClN2O2S/c1-8-11(15)4-3-5-14(8)18-21(19,20)10-6-12(16)9(2)13(17)7-10/h3-7,18H,17H2,1-2H3. The number of rotatable bonds is 3. The highest BCUT2D eigenvalue weighted by Gasteiger charge is 2.18. The van der Waals surface area contributed by atoms with Crippen molar-refractivity contribution in [2.24, 2.45) is 0 Å². The number of hydrogen-bond donors (Lipinski definition) is 2. The van der Waals surface area contributed by atoms with Crippen LogP contribution in [-0.2, 0) is 10.0 Å². The fourth-order valence-corrected chi connectivity index (χ4v) is 3.59. The first-order valence-electron chi connectivity index (χ1n) is 6.06. The Morgan fingerprint density at radius 2 is 1.86 bits per heavy atom. The van der Waals surface area contributed by atoms with Crippen LogP contribution in [0.2, 0.25) is 5.02 Å². The lowest BCUT2D eigenvalue weighted by atomic mass is 10.2. The van der Waals surface area contributed by atoms with Crippen LogP contribution >= 0.6 is 27.5 Å². The Balaban J connectivity index is 2.46. The van der Waals surface area contributed by atoms with Crippen molar-refractivity contribution in [2.75, 3.05) is 10.5 Å². The van der Waals surface area contributed by atoms with E-state index in [1.807, 2.05) is 13.0 Å². The maximum Gasteiger partial charge on any atom is 0.262 e. The summed E-state index contributed by atoms with van der Waals surface area (Å²) in [6.45, 7) is 3.55. The van der Waals surface area contributed by atoms with E-state index in [1.165, 1.54) is 12.1 Å². The summed E-state index contributed by atoms with van der Waals surface area (Å²) in [6.07, 6.45) is 0. The maximum absolute atomic E-state index is 12.4. The molecule has 3 N–H and O–H groups in total. The van der Waals surface area contributed by atoms with Gasteiger partial charge in [0.1, 0.15) is 0 Å². The molecule has 0 radical (unpaired) electrons. The summed E-state index contributed by atoms with van der Waals surface area (Å²) < 4.78 is 28.2. The van der Waals surface area contributed by atoms with Gasteiger partial charge in [-0.1, -0.05) is 33.6 Å². The van der Waals surface area contributed by atoms with Crippen molar-refractivity contribution in [3.05, 3.63) is 51.0 Å². The second-order valence-electron chi connectivity index (χ2n) is 4.64. The Kier molecular flexibility index (Phi) is 4.51. The molecule has 0 aromatic heterocycles. The van der Waals surface area contributed by atoms with E-state index in [0.717, 1.165) is 10.0 Å². The Morgan fingerprint density at radius 3 is 2.48 bits per heavy atom. The van der Waals surface area contributed by atoms with Crippen molar-refractivity contribution < 1.29 is 8.42 Å². The van der Waals surface area contributed by atoms with Gasteiger partial charge >= 0.3 is 0 Å². The lowest BCUT2D eigenvalue weighted by Crippen LogP contribution is -2.14. The number of nitrogens with two attached hydrogens (primary N) is 1. The zero-order chi connectivity index (χ0) is 15.8. The van der Waals surface area contributed by atoms with E-state index in [-0.39, 0.29) is 4.90 Å². The number of anilines is 2. The predicted molar refractivity (Wildman–Crippen MR) is 90.3 cm³/mol. The molecule has 0 amide bonds. The van der Waals surface area contributed by atoms with Gasteiger partial charge in [0.15, 0.2) is 0 Å². The highest BCUT2D eigenvalue weighted by molar-refractivity contribution is 9.10. The lowest BCUT2D eigenvalue weighted by molar-refractivity contribution is 0.601. The Bertz CT molecular complexity index is 784. The van der Waals surface area contributed by atoms with Gasteiger partial charge in [-0.3, -0.25) is 4.72 Å². The molecule has 21 heavy (non-hydrogen) atoms. The largest absolute Gasteiger partial charge is 0.398 e. The van der Waals surface area contributed by atoms with Crippen molar-refractivity contribution in [3.63, 3.8) is 0 Å². The van der Waals surface area contributed by atoms with Crippen LogP contribution in [0.4, 0.5) is 11.4 Å². The molecule has 0 aliphatic rings. The fraction of sp³-hybridized carbons (Fsp3) is 0.143. The summed E-state index contributed by atoms with van der Waals surface area (Å²) in [5, 5.41) is 0.321. The summed E-state index contributed by atoms with van der Waals surface area (Å²) >= 11 is 9.37. The summed E-state index contributed by atoms with van der Waals surface area (Å²) in [7, 11) is -3.75. The van der Waals surface area contributed by atoms with Crippen molar-refractivity contribution >= 4 is 48.9 Å². The van der Waals surface area contributed by atoms with Gasteiger partial charge in [-0.15, -0.1) is 0 Å². The van der Waals surface area contributed by atoms with Crippen LogP contribution < -0.4 is 10.5 Å². The number of hydrogen-bond acceptors (Lipinski definition) is 3. The summed E-state index contributed by atoms with van der Waals surface area (Å²) in [4.78, 5) is 0.0370. The van der Waals surface area contributed by atoms with Gasteiger partial charge in [0.05, 0.1) is 10.6 Å². The molecule has 4 nitrogen and oxygen atoms in total. The van der Waals surface area contributed by atoms with Crippen molar-refractivity contribution in [2.45, 2.75) is 18.7 Å². The van der Waals surface area contributed by atoms with Gasteiger partial charge in [0.25, 0.3) is 10.0 Å². The number of sulfonamides is 1. The SMILES string of the molecule is Cc1c(N)cc(S(=O)(=O)Nc2cccc(Br)c2C)cc1Cl. The van der Waals surface area contributed by atoms with E-state index in [0.29, 0.717) is 22.0 Å². The fourth-order valence-electron chi connectivity index (χ4n) is 1.75. The first kappa shape index (κ1) is 16.1. The molecule has 0 unspecified atom stereocenters. The van der Waals surface area contributed by atoms with Crippen molar-refractivity contribution in [1.29, 1.82) is 0 Å². The predicted octanol–water partition coefficient (Wildman–Crippen LogP) is 4.10. The number of benzene rings is 2. The van der Waals surface area contributed by atoms with E-state index < -0.39 is 10.0 Å². The molecule has 0 saturated heterocycles. The number of nitrogen functional groups attached to an aromatic ring is 1. The molecule has 0 fully saturated rings. The smallest absolute Gasteiger partial charge is 0.262 e. The second-order valence-corrected chi connectivity index (χ2v) is 7.58. The van der Waals surface area contributed by atoms with Crippen LogP contribution in [0.25, 0.3) is 0 Å². The molecule has 0 bridgehead atoms. The van der Waals surface area contributed by atoms with Gasteiger partial charge in [0.2, 0.25) is 0 Å². The molecule has 112 valence electrons. The molecular weight excluding hydrogens is 376 g/mol. The third-order valence-corrected chi connectivity index (χ3v) is 5.78. The molecule has 0 aliphatic carbocycles. The molecule has 0 spiro atoms. The minimum absolute atomic E-state index is 0.0370. The summed E-state index contributed by atoms with van der Waals surface area (Å²) in [5.41, 5.74) is 8.08. The van der Waals surface area contributed by atoms with E-state index >= 15 is 0 Å². The molecule has 0 aliphatic heterocycles. The summed E-state index contributed by atoms with van der Waals surface area (Å²) in [6, 6.07) is 8.08. The zero-order valence-corrected chi connectivity index (χ0v) is 14.6. The third-order valence-electron chi connectivity index (χ3n) is 3.18. The molecule has 2 aromatic rings. The molecular formula is C14H14BrClN2O2S. The first-order valence-corrected chi connectivity index (χ1v) is 8.71. The van der Waals surface area contributed by atoms with E-state index in [1.54, 1.807) is 19.1 Å². The number of halogens is 2. The highest BCUT2D eigenvalue weighted by atomic mass is 79.9. The minimum Gasteiger partial charge on any atom is -0.398 e. The molecule has 0 atom stereocenters. The van der Waals surface area contributed by atoms with Gasteiger partial charge in [0, 0.05) is 15.2 Å². The normalized spacial score (nSPS) is 11.4. The molecule has 2 aromatic carbocycles. The molecule has 2 rings (SSSR count). The van der Waals surface area contributed by atoms with Crippen molar-refractivity contribution in [1.82, 2.24) is 0 Å². The van der Waals surface area contributed by atoms with Crippen LogP contribution in [0, 0.1) is 13.8 Å². The molecule has 7 heteroatoms. The first-order chi connectivity index (χ1) is 9.72. The third kappa shape index (κ3) is 3.33. The van der Waals surface area contributed by atoms with Gasteiger partial charge in [-0.25, -0.2) is 8.42 Å². The van der Waals surface area contributed by atoms with Crippen LogP contribution in [-0.4, -0.2) is 8.42 Å². The van der Waals surface area contributed by atoms with E-state index in [4.69, 9.17) is 17.3 Å². The monoisotopic (exact) mass is 388 g/mol. The molecule has 0 saturated carbocycles. The second kappa shape index (κ2) is 5.87. The minimum atomic E-state index is -3.75. The van der Waals surface area contributed by atoms with Crippen LogP contribution in [0.15, 0.2) is 39.7 Å². The van der Waals surface area contributed by atoms with E-state index in [9.17, 15) is 8.42 Å².